The third-order valence-corrected chi connectivity index (χ3v) is 3.30. The van der Waals surface area contributed by atoms with Crippen LogP contribution < -0.4 is 10.6 Å². The molecule has 1 saturated heterocycles. The second-order valence-corrected chi connectivity index (χ2v) is 4.74. The van der Waals surface area contributed by atoms with Gasteiger partial charge in [-0.3, -0.25) is 9.69 Å². The smallest absolute Gasteiger partial charge is 0.221 e. The Hall–Kier alpha value is -0.610. The second-order valence-electron chi connectivity index (χ2n) is 4.74. The molecule has 4 nitrogen and oxygen atoms in total. The van der Waals surface area contributed by atoms with Gasteiger partial charge in [0.15, 0.2) is 0 Å². The first-order chi connectivity index (χ1) is 8.27. The fourth-order valence-electron chi connectivity index (χ4n) is 2.44. The minimum absolute atomic E-state index is 0.178. The first-order valence-electron chi connectivity index (χ1n) is 6.99. The first kappa shape index (κ1) is 14.5. The summed E-state index contributed by atoms with van der Waals surface area (Å²) in [5, 5.41) is 6.31. The van der Waals surface area contributed by atoms with Crippen LogP contribution in [0.4, 0.5) is 0 Å². The highest BCUT2D eigenvalue weighted by atomic mass is 16.1. The third kappa shape index (κ3) is 5.50. The van der Waals surface area contributed by atoms with Crippen LogP contribution in [0.2, 0.25) is 0 Å². The standard InChI is InChI=1S/C13H27N3O/c1-3-9-16(10-7-13(17)15-4-2)12-6-5-8-14-11-12/h12,14H,3-11H2,1-2H3,(H,15,17). The van der Waals surface area contributed by atoms with Crippen molar-refractivity contribution in [3.63, 3.8) is 0 Å². The Kier molecular flexibility index (Phi) is 7.21. The van der Waals surface area contributed by atoms with Crippen LogP contribution in [0.25, 0.3) is 0 Å². The monoisotopic (exact) mass is 241 g/mol. The van der Waals surface area contributed by atoms with Gasteiger partial charge in [0.25, 0.3) is 0 Å². The van der Waals surface area contributed by atoms with Gasteiger partial charge < -0.3 is 10.6 Å². The number of rotatable bonds is 7. The van der Waals surface area contributed by atoms with Gasteiger partial charge in [-0.25, -0.2) is 0 Å². The molecule has 1 unspecified atom stereocenters. The molecule has 1 heterocycles. The van der Waals surface area contributed by atoms with Gasteiger partial charge in [-0.2, -0.15) is 0 Å². The topological polar surface area (TPSA) is 44.4 Å². The van der Waals surface area contributed by atoms with Crippen LogP contribution in [-0.2, 0) is 4.79 Å². The Balaban J connectivity index is 2.33. The van der Waals surface area contributed by atoms with Crippen molar-refractivity contribution in [2.24, 2.45) is 0 Å². The van der Waals surface area contributed by atoms with Crippen molar-refractivity contribution in [1.29, 1.82) is 0 Å². The van der Waals surface area contributed by atoms with Crippen molar-refractivity contribution in [2.75, 3.05) is 32.7 Å². The number of piperidine rings is 1. The number of hydrogen-bond acceptors (Lipinski definition) is 3. The summed E-state index contributed by atoms with van der Waals surface area (Å²) in [5.74, 6) is 0.178. The lowest BCUT2D eigenvalue weighted by molar-refractivity contribution is -0.121. The van der Waals surface area contributed by atoms with Gasteiger partial charge in [0.05, 0.1) is 0 Å². The lowest BCUT2D eigenvalue weighted by Gasteiger charge is -2.34. The van der Waals surface area contributed by atoms with E-state index >= 15 is 0 Å². The summed E-state index contributed by atoms with van der Waals surface area (Å²) in [7, 11) is 0. The molecule has 0 bridgehead atoms. The van der Waals surface area contributed by atoms with Gasteiger partial charge in [0.2, 0.25) is 5.91 Å². The number of hydrogen-bond donors (Lipinski definition) is 2. The van der Waals surface area contributed by atoms with Gasteiger partial charge in [-0.15, -0.1) is 0 Å². The molecule has 0 aromatic carbocycles. The minimum atomic E-state index is 0.178. The third-order valence-electron chi connectivity index (χ3n) is 3.30. The average Bonchev–Trinajstić information content (AvgIpc) is 2.36. The zero-order valence-corrected chi connectivity index (χ0v) is 11.3. The largest absolute Gasteiger partial charge is 0.356 e. The van der Waals surface area contributed by atoms with E-state index < -0.39 is 0 Å². The Morgan fingerprint density at radius 2 is 2.24 bits per heavy atom. The molecule has 2 N–H and O–H groups in total. The van der Waals surface area contributed by atoms with E-state index in [-0.39, 0.29) is 5.91 Å². The van der Waals surface area contributed by atoms with Crippen molar-refractivity contribution in [3.8, 4) is 0 Å². The lowest BCUT2D eigenvalue weighted by atomic mass is 10.1. The predicted molar refractivity (Wildman–Crippen MR) is 71.1 cm³/mol. The zero-order chi connectivity index (χ0) is 12.5. The van der Waals surface area contributed by atoms with Gasteiger partial charge in [0, 0.05) is 32.1 Å². The molecular formula is C13H27N3O. The van der Waals surface area contributed by atoms with Crippen molar-refractivity contribution in [1.82, 2.24) is 15.5 Å². The molecule has 4 heteroatoms. The number of nitrogens with zero attached hydrogens (tertiary/aromatic N) is 1. The van der Waals surface area contributed by atoms with Crippen molar-refractivity contribution < 1.29 is 4.79 Å². The molecule has 1 aliphatic heterocycles. The van der Waals surface area contributed by atoms with E-state index in [1.807, 2.05) is 6.92 Å². The van der Waals surface area contributed by atoms with Crippen molar-refractivity contribution in [3.05, 3.63) is 0 Å². The van der Waals surface area contributed by atoms with E-state index in [9.17, 15) is 4.79 Å². The first-order valence-corrected chi connectivity index (χ1v) is 6.99. The molecular weight excluding hydrogens is 214 g/mol. The SMILES string of the molecule is CCCN(CCC(=O)NCC)C1CCCNC1. The van der Waals surface area contributed by atoms with Gasteiger partial charge in [-0.05, 0) is 39.3 Å². The van der Waals surface area contributed by atoms with Crippen LogP contribution in [0.15, 0.2) is 0 Å². The van der Waals surface area contributed by atoms with Crippen molar-refractivity contribution in [2.45, 2.75) is 45.6 Å². The van der Waals surface area contributed by atoms with Gasteiger partial charge in [0.1, 0.15) is 0 Å². The zero-order valence-electron chi connectivity index (χ0n) is 11.3. The molecule has 0 saturated carbocycles. The van der Waals surface area contributed by atoms with E-state index in [1.54, 1.807) is 0 Å². The fourth-order valence-corrected chi connectivity index (χ4v) is 2.44. The Morgan fingerprint density at radius 3 is 2.82 bits per heavy atom. The summed E-state index contributed by atoms with van der Waals surface area (Å²) < 4.78 is 0. The van der Waals surface area contributed by atoms with Crippen LogP contribution in [0.5, 0.6) is 0 Å². The molecule has 1 atom stereocenters. The van der Waals surface area contributed by atoms with E-state index in [0.29, 0.717) is 12.5 Å². The molecule has 0 radical (unpaired) electrons. The van der Waals surface area contributed by atoms with E-state index in [0.717, 1.165) is 39.1 Å². The molecule has 17 heavy (non-hydrogen) atoms. The summed E-state index contributed by atoms with van der Waals surface area (Å²) in [6.07, 6.45) is 4.31. The summed E-state index contributed by atoms with van der Waals surface area (Å²) in [5.41, 5.74) is 0. The number of carbonyl (C=O) groups excluding carboxylic acids is 1. The normalized spacial score (nSPS) is 20.5. The maximum Gasteiger partial charge on any atom is 0.221 e. The van der Waals surface area contributed by atoms with E-state index in [1.165, 1.54) is 12.8 Å². The Morgan fingerprint density at radius 1 is 1.41 bits per heavy atom. The summed E-state index contributed by atoms with van der Waals surface area (Å²) in [4.78, 5) is 14.0. The number of carbonyl (C=O) groups is 1. The predicted octanol–water partition coefficient (Wildman–Crippen LogP) is 0.977. The summed E-state index contributed by atoms with van der Waals surface area (Å²) >= 11 is 0. The Labute approximate surface area is 105 Å². The molecule has 100 valence electrons. The maximum absolute atomic E-state index is 11.5. The fraction of sp³-hybridized carbons (Fsp3) is 0.923. The van der Waals surface area contributed by atoms with Crippen LogP contribution in [0.1, 0.15) is 39.5 Å². The molecule has 0 aromatic rings. The van der Waals surface area contributed by atoms with Crippen LogP contribution in [0, 0.1) is 0 Å². The lowest BCUT2D eigenvalue weighted by Crippen LogP contribution is -2.47. The second kappa shape index (κ2) is 8.48. The highest BCUT2D eigenvalue weighted by molar-refractivity contribution is 5.75. The molecule has 0 aliphatic carbocycles. The minimum Gasteiger partial charge on any atom is -0.356 e. The molecule has 1 amide bonds. The molecule has 1 rings (SSSR count). The van der Waals surface area contributed by atoms with Crippen LogP contribution >= 0.6 is 0 Å². The molecule has 1 aliphatic rings. The highest BCUT2D eigenvalue weighted by Gasteiger charge is 2.20. The highest BCUT2D eigenvalue weighted by Crippen LogP contribution is 2.11. The Bertz CT molecular complexity index is 215. The number of amides is 1. The van der Waals surface area contributed by atoms with Gasteiger partial charge >= 0.3 is 0 Å². The van der Waals surface area contributed by atoms with E-state index in [4.69, 9.17) is 0 Å². The van der Waals surface area contributed by atoms with E-state index in [2.05, 4.69) is 22.5 Å². The number of nitrogens with one attached hydrogen (secondary N) is 2. The molecule has 0 aromatic heterocycles. The maximum atomic E-state index is 11.5. The average molecular weight is 241 g/mol. The molecule has 1 fully saturated rings. The van der Waals surface area contributed by atoms with Gasteiger partial charge in [-0.1, -0.05) is 6.92 Å². The van der Waals surface area contributed by atoms with Crippen LogP contribution in [0.3, 0.4) is 0 Å². The summed E-state index contributed by atoms with van der Waals surface area (Å²) in [6.45, 7) is 9.12. The molecule has 0 spiro atoms. The summed E-state index contributed by atoms with van der Waals surface area (Å²) in [6, 6.07) is 0.623. The van der Waals surface area contributed by atoms with Crippen molar-refractivity contribution >= 4 is 5.91 Å². The van der Waals surface area contributed by atoms with Crippen LogP contribution in [-0.4, -0.2) is 49.6 Å². The quantitative estimate of drug-likeness (QED) is 0.698.